The summed E-state index contributed by atoms with van der Waals surface area (Å²) in [5, 5.41) is 10.8. The van der Waals surface area contributed by atoms with Gasteiger partial charge in [-0.05, 0) is 12.1 Å². The molecule has 126 valence electrons. The summed E-state index contributed by atoms with van der Waals surface area (Å²) in [5.74, 6) is -0.595. The van der Waals surface area contributed by atoms with E-state index >= 15 is 0 Å². The van der Waals surface area contributed by atoms with Crippen molar-refractivity contribution in [2.24, 2.45) is 0 Å². The minimum absolute atomic E-state index is 0.152. The SMILES string of the molecule is Nc1ncc([N+](=O)[O-])cc1C(=O)OCc1coc(-c2ccccc2)n1. The molecule has 2 N–H and O–H groups in total. The fraction of sp³-hybridized carbons (Fsp3) is 0.0625. The molecule has 0 unspecified atom stereocenters. The third kappa shape index (κ3) is 3.61. The van der Waals surface area contributed by atoms with Crippen LogP contribution in [0.25, 0.3) is 11.5 Å². The van der Waals surface area contributed by atoms with Crippen LogP contribution in [0.1, 0.15) is 16.1 Å². The summed E-state index contributed by atoms with van der Waals surface area (Å²) in [5.41, 5.74) is 6.22. The van der Waals surface area contributed by atoms with Gasteiger partial charge < -0.3 is 14.9 Å². The first-order valence-electron chi connectivity index (χ1n) is 7.11. The summed E-state index contributed by atoms with van der Waals surface area (Å²) in [6.45, 7) is -0.169. The number of pyridine rings is 1. The summed E-state index contributed by atoms with van der Waals surface area (Å²) in [4.78, 5) is 30.0. The molecule has 2 aromatic heterocycles. The molecule has 0 aliphatic carbocycles. The van der Waals surface area contributed by atoms with Crippen molar-refractivity contribution >= 4 is 17.5 Å². The van der Waals surface area contributed by atoms with E-state index in [4.69, 9.17) is 14.9 Å². The van der Waals surface area contributed by atoms with Crippen LogP contribution < -0.4 is 5.73 Å². The van der Waals surface area contributed by atoms with Gasteiger partial charge in [0, 0.05) is 11.6 Å². The van der Waals surface area contributed by atoms with E-state index in [2.05, 4.69) is 9.97 Å². The van der Waals surface area contributed by atoms with Crippen molar-refractivity contribution in [1.82, 2.24) is 9.97 Å². The fourth-order valence-electron chi connectivity index (χ4n) is 2.03. The van der Waals surface area contributed by atoms with Crippen LogP contribution in [0.4, 0.5) is 11.5 Å². The third-order valence-electron chi connectivity index (χ3n) is 3.26. The Morgan fingerprint density at radius 3 is 2.80 bits per heavy atom. The van der Waals surface area contributed by atoms with E-state index in [1.165, 1.54) is 6.26 Å². The van der Waals surface area contributed by atoms with E-state index in [0.717, 1.165) is 17.8 Å². The lowest BCUT2D eigenvalue weighted by Gasteiger charge is -2.04. The lowest BCUT2D eigenvalue weighted by atomic mass is 10.2. The summed E-state index contributed by atoms with van der Waals surface area (Å²) in [7, 11) is 0. The molecule has 0 saturated heterocycles. The Kier molecular flexibility index (Phi) is 4.38. The molecule has 0 fully saturated rings. The first-order valence-corrected chi connectivity index (χ1v) is 7.11. The predicted octanol–water partition coefficient (Wildman–Crippen LogP) is 2.58. The molecular formula is C16H12N4O5. The molecule has 0 spiro atoms. The molecule has 0 saturated carbocycles. The Bertz CT molecular complexity index is 923. The Morgan fingerprint density at radius 2 is 2.08 bits per heavy atom. The highest BCUT2D eigenvalue weighted by Crippen LogP contribution is 2.20. The van der Waals surface area contributed by atoms with Crippen molar-refractivity contribution in [1.29, 1.82) is 0 Å². The standard InChI is InChI=1S/C16H12N4O5/c17-14-13(6-12(7-18-14)20(22)23)16(21)25-9-11-8-24-15(19-11)10-4-2-1-3-5-10/h1-8H,9H2,(H2,17,18). The molecule has 3 aromatic rings. The maximum atomic E-state index is 12.1. The summed E-state index contributed by atoms with van der Waals surface area (Å²) in [6, 6.07) is 10.2. The van der Waals surface area contributed by atoms with Crippen molar-refractivity contribution in [3.8, 4) is 11.5 Å². The fourth-order valence-corrected chi connectivity index (χ4v) is 2.03. The molecule has 9 heteroatoms. The molecule has 1 aromatic carbocycles. The van der Waals surface area contributed by atoms with Gasteiger partial charge in [-0.15, -0.1) is 0 Å². The van der Waals surface area contributed by atoms with E-state index in [0.29, 0.717) is 11.6 Å². The summed E-state index contributed by atoms with van der Waals surface area (Å²) >= 11 is 0. The molecule has 0 bridgehead atoms. The van der Waals surface area contributed by atoms with Gasteiger partial charge in [-0.25, -0.2) is 14.8 Å². The highest BCUT2D eigenvalue weighted by atomic mass is 16.6. The zero-order valence-electron chi connectivity index (χ0n) is 12.8. The third-order valence-corrected chi connectivity index (χ3v) is 3.26. The zero-order chi connectivity index (χ0) is 17.8. The van der Waals surface area contributed by atoms with Crippen LogP contribution in [-0.2, 0) is 11.3 Å². The largest absolute Gasteiger partial charge is 0.455 e. The number of nitrogens with zero attached hydrogens (tertiary/aromatic N) is 3. The number of esters is 1. The molecule has 9 nitrogen and oxygen atoms in total. The Balaban J connectivity index is 1.70. The van der Waals surface area contributed by atoms with Crippen LogP contribution in [0.5, 0.6) is 0 Å². The maximum Gasteiger partial charge on any atom is 0.342 e. The summed E-state index contributed by atoms with van der Waals surface area (Å²) in [6.07, 6.45) is 2.33. The number of ether oxygens (including phenoxy) is 1. The highest BCUT2D eigenvalue weighted by molar-refractivity contribution is 5.94. The van der Waals surface area contributed by atoms with Gasteiger partial charge in [-0.2, -0.15) is 0 Å². The number of hydrogen-bond acceptors (Lipinski definition) is 8. The minimum atomic E-state index is -0.835. The smallest absolute Gasteiger partial charge is 0.342 e. The number of benzene rings is 1. The Morgan fingerprint density at radius 1 is 1.32 bits per heavy atom. The molecular weight excluding hydrogens is 328 g/mol. The summed E-state index contributed by atoms with van der Waals surface area (Å²) < 4.78 is 10.4. The molecule has 25 heavy (non-hydrogen) atoms. The minimum Gasteiger partial charge on any atom is -0.455 e. The van der Waals surface area contributed by atoms with Gasteiger partial charge >= 0.3 is 5.97 Å². The van der Waals surface area contributed by atoms with Crippen LogP contribution >= 0.6 is 0 Å². The second kappa shape index (κ2) is 6.79. The Hall–Kier alpha value is -3.75. The number of hydrogen-bond donors (Lipinski definition) is 1. The monoisotopic (exact) mass is 340 g/mol. The number of rotatable bonds is 5. The average Bonchev–Trinajstić information content (AvgIpc) is 3.09. The molecule has 0 amide bonds. The zero-order valence-corrected chi connectivity index (χ0v) is 12.8. The molecule has 0 radical (unpaired) electrons. The number of oxazole rings is 1. The lowest BCUT2D eigenvalue weighted by Crippen LogP contribution is -2.10. The van der Waals surface area contributed by atoms with E-state index in [9.17, 15) is 14.9 Å². The van der Waals surface area contributed by atoms with E-state index in [1.54, 1.807) is 0 Å². The molecule has 0 atom stereocenters. The number of aromatic nitrogens is 2. The maximum absolute atomic E-state index is 12.1. The number of anilines is 1. The van der Waals surface area contributed by atoms with Gasteiger partial charge in [-0.1, -0.05) is 18.2 Å². The molecule has 2 heterocycles. The van der Waals surface area contributed by atoms with Crippen LogP contribution in [0.3, 0.4) is 0 Å². The number of nitro groups is 1. The van der Waals surface area contributed by atoms with E-state index in [-0.39, 0.29) is 23.7 Å². The van der Waals surface area contributed by atoms with Gasteiger partial charge in [-0.3, -0.25) is 10.1 Å². The number of carbonyl (C=O) groups is 1. The van der Waals surface area contributed by atoms with Crippen molar-refractivity contribution in [2.45, 2.75) is 6.61 Å². The lowest BCUT2D eigenvalue weighted by molar-refractivity contribution is -0.385. The van der Waals surface area contributed by atoms with E-state index in [1.807, 2.05) is 30.3 Å². The second-order valence-corrected chi connectivity index (χ2v) is 4.97. The molecule has 0 aliphatic heterocycles. The second-order valence-electron chi connectivity index (χ2n) is 4.97. The average molecular weight is 340 g/mol. The normalized spacial score (nSPS) is 10.4. The highest BCUT2D eigenvalue weighted by Gasteiger charge is 2.18. The van der Waals surface area contributed by atoms with E-state index < -0.39 is 10.9 Å². The van der Waals surface area contributed by atoms with Crippen LogP contribution in [-0.4, -0.2) is 20.9 Å². The van der Waals surface area contributed by atoms with Crippen molar-refractivity contribution < 1.29 is 18.9 Å². The first-order chi connectivity index (χ1) is 12.0. The van der Waals surface area contributed by atoms with Gasteiger partial charge in [0.25, 0.3) is 5.69 Å². The quantitative estimate of drug-likeness (QED) is 0.425. The van der Waals surface area contributed by atoms with Gasteiger partial charge in [0.2, 0.25) is 5.89 Å². The number of carbonyl (C=O) groups excluding carboxylic acids is 1. The van der Waals surface area contributed by atoms with Gasteiger partial charge in [0.15, 0.2) is 0 Å². The van der Waals surface area contributed by atoms with Gasteiger partial charge in [0.1, 0.15) is 36.1 Å². The topological polar surface area (TPSA) is 134 Å². The van der Waals surface area contributed by atoms with Crippen molar-refractivity contribution in [3.63, 3.8) is 0 Å². The number of nitrogen functional groups attached to an aromatic ring is 1. The van der Waals surface area contributed by atoms with Crippen LogP contribution in [0, 0.1) is 10.1 Å². The number of nitrogens with two attached hydrogens (primary N) is 1. The molecule has 0 aliphatic rings. The molecule has 3 rings (SSSR count). The van der Waals surface area contributed by atoms with Crippen LogP contribution in [0.2, 0.25) is 0 Å². The first kappa shape index (κ1) is 16.1. The van der Waals surface area contributed by atoms with Crippen molar-refractivity contribution in [2.75, 3.05) is 5.73 Å². The Labute approximate surface area is 141 Å². The van der Waals surface area contributed by atoms with Gasteiger partial charge in [0.05, 0.1) is 4.92 Å². The van der Waals surface area contributed by atoms with Crippen molar-refractivity contribution in [3.05, 3.63) is 70.2 Å². The van der Waals surface area contributed by atoms with Crippen LogP contribution in [0.15, 0.2) is 53.3 Å². The predicted molar refractivity (Wildman–Crippen MR) is 86.4 cm³/mol.